The third-order valence-corrected chi connectivity index (χ3v) is 4.28. The number of rotatable bonds is 5. The van der Waals surface area contributed by atoms with E-state index in [9.17, 15) is 4.79 Å². The molecule has 1 aromatic carbocycles. The van der Waals surface area contributed by atoms with Gasteiger partial charge in [0.25, 0.3) is 0 Å². The SMILES string of the molecule is COc1cc(C)ccc1C(=O)CN1CCC(C(C)C)C1. The molecule has 1 fully saturated rings. The lowest BCUT2D eigenvalue weighted by Gasteiger charge is -2.17. The molecule has 110 valence electrons. The molecule has 0 spiro atoms. The lowest BCUT2D eigenvalue weighted by atomic mass is 9.95. The van der Waals surface area contributed by atoms with Gasteiger partial charge in [0.1, 0.15) is 5.75 Å². The minimum Gasteiger partial charge on any atom is -0.496 e. The summed E-state index contributed by atoms with van der Waals surface area (Å²) >= 11 is 0. The number of aryl methyl sites for hydroxylation is 1. The van der Waals surface area contributed by atoms with Crippen molar-refractivity contribution < 1.29 is 9.53 Å². The van der Waals surface area contributed by atoms with Crippen LogP contribution in [0.25, 0.3) is 0 Å². The van der Waals surface area contributed by atoms with Crippen molar-refractivity contribution in [2.75, 3.05) is 26.7 Å². The molecular formula is C17H25NO2. The Labute approximate surface area is 121 Å². The van der Waals surface area contributed by atoms with E-state index in [-0.39, 0.29) is 5.78 Å². The minimum absolute atomic E-state index is 0.159. The first-order valence-corrected chi connectivity index (χ1v) is 7.41. The molecule has 1 heterocycles. The highest BCUT2D eigenvalue weighted by Crippen LogP contribution is 2.25. The summed E-state index contributed by atoms with van der Waals surface area (Å²) in [5, 5.41) is 0. The Hall–Kier alpha value is -1.35. The van der Waals surface area contributed by atoms with E-state index in [0.717, 1.165) is 24.6 Å². The first kappa shape index (κ1) is 15.0. The summed E-state index contributed by atoms with van der Waals surface area (Å²) in [4.78, 5) is 14.7. The number of hydrogen-bond donors (Lipinski definition) is 0. The molecule has 0 saturated carbocycles. The Balaban J connectivity index is 2.02. The van der Waals surface area contributed by atoms with Crippen LogP contribution in [0.2, 0.25) is 0 Å². The van der Waals surface area contributed by atoms with Gasteiger partial charge in [-0.1, -0.05) is 19.9 Å². The van der Waals surface area contributed by atoms with Crippen LogP contribution in [0.3, 0.4) is 0 Å². The first-order chi connectivity index (χ1) is 9.51. The summed E-state index contributed by atoms with van der Waals surface area (Å²) in [6, 6.07) is 5.78. The Morgan fingerprint density at radius 3 is 2.80 bits per heavy atom. The van der Waals surface area contributed by atoms with Crippen LogP contribution in [0.5, 0.6) is 5.75 Å². The van der Waals surface area contributed by atoms with Gasteiger partial charge in [-0.25, -0.2) is 0 Å². The van der Waals surface area contributed by atoms with Gasteiger partial charge in [-0.2, -0.15) is 0 Å². The molecule has 1 aliphatic rings. The number of carbonyl (C=O) groups is 1. The quantitative estimate of drug-likeness (QED) is 0.773. The largest absolute Gasteiger partial charge is 0.496 e. The summed E-state index contributed by atoms with van der Waals surface area (Å²) in [5.41, 5.74) is 1.81. The second-order valence-corrected chi connectivity index (χ2v) is 6.15. The maximum absolute atomic E-state index is 12.4. The highest BCUT2D eigenvalue weighted by Gasteiger charge is 2.26. The highest BCUT2D eigenvalue weighted by molar-refractivity contribution is 6.00. The van der Waals surface area contributed by atoms with E-state index in [1.807, 2.05) is 25.1 Å². The normalized spacial score (nSPS) is 19.6. The van der Waals surface area contributed by atoms with Crippen molar-refractivity contribution in [2.24, 2.45) is 11.8 Å². The lowest BCUT2D eigenvalue weighted by molar-refractivity contribution is 0.0939. The number of Topliss-reactive ketones (excluding diaryl/α,β-unsaturated/α-hetero) is 1. The highest BCUT2D eigenvalue weighted by atomic mass is 16.5. The first-order valence-electron chi connectivity index (χ1n) is 7.41. The maximum Gasteiger partial charge on any atom is 0.180 e. The van der Waals surface area contributed by atoms with Crippen molar-refractivity contribution in [1.82, 2.24) is 4.90 Å². The number of ether oxygens (including phenoxy) is 1. The van der Waals surface area contributed by atoms with E-state index < -0.39 is 0 Å². The number of ketones is 1. The van der Waals surface area contributed by atoms with Crippen molar-refractivity contribution >= 4 is 5.78 Å². The van der Waals surface area contributed by atoms with Crippen molar-refractivity contribution in [2.45, 2.75) is 27.2 Å². The molecule has 0 bridgehead atoms. The van der Waals surface area contributed by atoms with Gasteiger partial charge < -0.3 is 4.74 Å². The standard InChI is InChI=1S/C17H25NO2/c1-12(2)14-7-8-18(10-14)11-16(19)15-6-5-13(3)9-17(15)20-4/h5-6,9,12,14H,7-8,10-11H2,1-4H3. The van der Waals surface area contributed by atoms with Crippen LogP contribution in [0.15, 0.2) is 18.2 Å². The summed E-state index contributed by atoms with van der Waals surface area (Å²) in [5.74, 6) is 2.27. The molecule has 3 nitrogen and oxygen atoms in total. The number of nitrogens with zero attached hydrogens (tertiary/aromatic N) is 1. The third-order valence-electron chi connectivity index (χ3n) is 4.28. The van der Waals surface area contributed by atoms with Gasteiger partial charge >= 0.3 is 0 Å². The zero-order chi connectivity index (χ0) is 14.7. The molecule has 2 rings (SSSR count). The molecule has 0 N–H and O–H groups in total. The lowest BCUT2D eigenvalue weighted by Crippen LogP contribution is -2.28. The van der Waals surface area contributed by atoms with Crippen LogP contribution in [-0.2, 0) is 0 Å². The number of benzene rings is 1. The van der Waals surface area contributed by atoms with Gasteiger partial charge in [-0.15, -0.1) is 0 Å². The van der Waals surface area contributed by atoms with E-state index in [2.05, 4.69) is 18.7 Å². The average Bonchev–Trinajstić information content (AvgIpc) is 2.87. The fourth-order valence-electron chi connectivity index (χ4n) is 2.87. The smallest absolute Gasteiger partial charge is 0.180 e. The predicted octanol–water partition coefficient (Wildman–Crippen LogP) is 3.16. The molecule has 0 radical (unpaired) electrons. The second-order valence-electron chi connectivity index (χ2n) is 6.15. The number of carbonyl (C=O) groups excluding carboxylic acids is 1. The van der Waals surface area contributed by atoms with Crippen LogP contribution in [0.1, 0.15) is 36.2 Å². The molecule has 1 unspecified atom stereocenters. The minimum atomic E-state index is 0.159. The van der Waals surface area contributed by atoms with Crippen molar-refractivity contribution in [3.63, 3.8) is 0 Å². The van der Waals surface area contributed by atoms with E-state index in [1.165, 1.54) is 6.42 Å². The van der Waals surface area contributed by atoms with Gasteiger partial charge in [0.15, 0.2) is 5.78 Å². The Morgan fingerprint density at radius 1 is 1.45 bits per heavy atom. The summed E-state index contributed by atoms with van der Waals surface area (Å²) in [6.45, 7) is 9.10. The molecule has 1 aromatic rings. The van der Waals surface area contributed by atoms with Gasteiger partial charge in [0.05, 0.1) is 19.2 Å². The van der Waals surface area contributed by atoms with Crippen LogP contribution < -0.4 is 4.74 Å². The molecule has 20 heavy (non-hydrogen) atoms. The number of methoxy groups -OCH3 is 1. The topological polar surface area (TPSA) is 29.5 Å². The molecule has 0 amide bonds. The third kappa shape index (κ3) is 3.40. The Kier molecular flexibility index (Phi) is 4.81. The number of likely N-dealkylation sites (tertiary alicyclic amines) is 1. The summed E-state index contributed by atoms with van der Waals surface area (Å²) in [6.07, 6.45) is 1.20. The monoisotopic (exact) mass is 275 g/mol. The predicted molar refractivity (Wildman–Crippen MR) is 81.4 cm³/mol. The van der Waals surface area contributed by atoms with E-state index >= 15 is 0 Å². The molecule has 0 aromatic heterocycles. The van der Waals surface area contributed by atoms with Crippen LogP contribution in [0.4, 0.5) is 0 Å². The summed E-state index contributed by atoms with van der Waals surface area (Å²) < 4.78 is 5.33. The fourth-order valence-corrected chi connectivity index (χ4v) is 2.87. The van der Waals surface area contributed by atoms with E-state index in [4.69, 9.17) is 4.74 Å². The zero-order valence-corrected chi connectivity index (χ0v) is 13.0. The molecule has 1 atom stereocenters. The van der Waals surface area contributed by atoms with Crippen LogP contribution in [-0.4, -0.2) is 37.4 Å². The fraction of sp³-hybridized carbons (Fsp3) is 0.588. The maximum atomic E-state index is 12.4. The molecule has 0 aliphatic carbocycles. The van der Waals surface area contributed by atoms with Crippen molar-refractivity contribution in [1.29, 1.82) is 0 Å². The zero-order valence-electron chi connectivity index (χ0n) is 13.0. The van der Waals surface area contributed by atoms with Gasteiger partial charge in [-0.05, 0) is 49.4 Å². The van der Waals surface area contributed by atoms with Crippen LogP contribution >= 0.6 is 0 Å². The van der Waals surface area contributed by atoms with E-state index in [1.54, 1.807) is 7.11 Å². The number of hydrogen-bond acceptors (Lipinski definition) is 3. The van der Waals surface area contributed by atoms with E-state index in [0.29, 0.717) is 23.8 Å². The second kappa shape index (κ2) is 6.40. The van der Waals surface area contributed by atoms with Gasteiger partial charge in [0, 0.05) is 6.54 Å². The van der Waals surface area contributed by atoms with Crippen LogP contribution in [0, 0.1) is 18.8 Å². The average molecular weight is 275 g/mol. The van der Waals surface area contributed by atoms with Crippen molar-refractivity contribution in [3.05, 3.63) is 29.3 Å². The molecule has 1 saturated heterocycles. The molecule has 1 aliphatic heterocycles. The van der Waals surface area contributed by atoms with Gasteiger partial charge in [0.2, 0.25) is 0 Å². The Morgan fingerprint density at radius 2 is 2.20 bits per heavy atom. The Bertz CT molecular complexity index is 482. The summed E-state index contributed by atoms with van der Waals surface area (Å²) in [7, 11) is 1.62. The molecular weight excluding hydrogens is 250 g/mol. The van der Waals surface area contributed by atoms with Crippen molar-refractivity contribution in [3.8, 4) is 5.75 Å². The molecule has 3 heteroatoms. The van der Waals surface area contributed by atoms with Gasteiger partial charge in [-0.3, -0.25) is 9.69 Å².